The van der Waals surface area contributed by atoms with Crippen LogP contribution in [0, 0.1) is 10.1 Å². The van der Waals surface area contributed by atoms with Crippen molar-refractivity contribution in [1.82, 2.24) is 0 Å². The van der Waals surface area contributed by atoms with E-state index in [9.17, 15) is 15.2 Å². The third-order valence-electron chi connectivity index (χ3n) is 4.54. The topological polar surface area (TPSA) is 63.4 Å². The van der Waals surface area contributed by atoms with Crippen LogP contribution in [-0.4, -0.2) is 16.6 Å². The standard InChI is InChI=1S/C21H21NO3S/c1-3-15-11-20(22(24)25)19(14(2)13-23)12-21(15)26-18-9-8-16-6-4-5-7-17(16)10-18/h4-12,14,23H,3,13H2,1-2H3. The van der Waals surface area contributed by atoms with Crippen LogP contribution in [-0.2, 0) is 6.42 Å². The summed E-state index contributed by atoms with van der Waals surface area (Å²) in [5.41, 5.74) is 1.62. The second kappa shape index (κ2) is 7.89. The quantitative estimate of drug-likeness (QED) is 0.458. The first-order chi connectivity index (χ1) is 12.5. The van der Waals surface area contributed by atoms with Crippen LogP contribution in [0.15, 0.2) is 64.4 Å². The molecule has 0 amide bonds. The Bertz CT molecular complexity index is 955. The van der Waals surface area contributed by atoms with E-state index in [1.165, 1.54) is 10.8 Å². The largest absolute Gasteiger partial charge is 0.396 e. The van der Waals surface area contributed by atoms with E-state index in [0.29, 0.717) is 12.0 Å². The normalized spacial score (nSPS) is 12.3. The first kappa shape index (κ1) is 18.4. The zero-order chi connectivity index (χ0) is 18.7. The van der Waals surface area contributed by atoms with Gasteiger partial charge in [0.1, 0.15) is 0 Å². The summed E-state index contributed by atoms with van der Waals surface area (Å²) in [5, 5.41) is 23.3. The second-order valence-electron chi connectivity index (χ2n) is 6.32. The number of aryl methyl sites for hydroxylation is 1. The van der Waals surface area contributed by atoms with Crippen molar-refractivity contribution in [3.05, 3.63) is 75.8 Å². The summed E-state index contributed by atoms with van der Waals surface area (Å²) in [4.78, 5) is 13.2. The molecule has 0 radical (unpaired) electrons. The Kier molecular flexibility index (Phi) is 5.59. The molecule has 4 nitrogen and oxygen atoms in total. The Hall–Kier alpha value is -2.37. The number of fused-ring (bicyclic) bond motifs is 1. The van der Waals surface area contributed by atoms with Gasteiger partial charge in [0, 0.05) is 33.9 Å². The van der Waals surface area contributed by atoms with Crippen LogP contribution >= 0.6 is 11.8 Å². The summed E-state index contributed by atoms with van der Waals surface area (Å²) in [5.74, 6) is -0.280. The Morgan fingerprint density at radius 2 is 1.85 bits per heavy atom. The summed E-state index contributed by atoms with van der Waals surface area (Å²) in [7, 11) is 0. The Labute approximate surface area is 157 Å². The smallest absolute Gasteiger partial charge is 0.273 e. The van der Waals surface area contributed by atoms with Crippen LogP contribution in [0.5, 0.6) is 0 Å². The lowest BCUT2D eigenvalue weighted by Crippen LogP contribution is -2.05. The molecule has 0 spiro atoms. The zero-order valence-corrected chi connectivity index (χ0v) is 15.6. The molecule has 5 heteroatoms. The molecule has 0 bridgehead atoms. The average Bonchev–Trinajstić information content (AvgIpc) is 2.66. The molecular formula is C21H21NO3S. The van der Waals surface area contributed by atoms with Crippen molar-refractivity contribution in [2.24, 2.45) is 0 Å². The molecule has 0 aliphatic carbocycles. The molecule has 134 valence electrons. The lowest BCUT2D eigenvalue weighted by atomic mass is 9.97. The van der Waals surface area contributed by atoms with Gasteiger partial charge in [0.15, 0.2) is 0 Å². The van der Waals surface area contributed by atoms with Gasteiger partial charge in [0.25, 0.3) is 5.69 Å². The third-order valence-corrected chi connectivity index (χ3v) is 5.63. The van der Waals surface area contributed by atoms with Crippen LogP contribution in [0.25, 0.3) is 10.8 Å². The third kappa shape index (κ3) is 3.74. The molecule has 3 aromatic rings. The van der Waals surface area contributed by atoms with E-state index in [1.807, 2.05) is 25.1 Å². The van der Waals surface area contributed by atoms with Gasteiger partial charge in [-0.2, -0.15) is 0 Å². The summed E-state index contributed by atoms with van der Waals surface area (Å²) in [6.45, 7) is 3.68. The van der Waals surface area contributed by atoms with E-state index in [0.717, 1.165) is 15.4 Å². The molecule has 0 saturated heterocycles. The number of aliphatic hydroxyl groups is 1. The Morgan fingerprint density at radius 1 is 1.12 bits per heavy atom. The maximum atomic E-state index is 11.4. The van der Waals surface area contributed by atoms with E-state index >= 15 is 0 Å². The van der Waals surface area contributed by atoms with Crippen LogP contribution in [0.2, 0.25) is 0 Å². The summed E-state index contributed by atoms with van der Waals surface area (Å²) in [6, 6.07) is 18.0. The SMILES string of the molecule is CCc1cc([N+](=O)[O-])c(C(C)CO)cc1Sc1ccc2ccccc2c1. The maximum Gasteiger partial charge on any atom is 0.273 e. The number of aliphatic hydroxyl groups excluding tert-OH is 1. The summed E-state index contributed by atoms with van der Waals surface area (Å²) in [6.07, 6.45) is 0.713. The highest BCUT2D eigenvalue weighted by Gasteiger charge is 2.22. The molecule has 1 atom stereocenters. The van der Waals surface area contributed by atoms with Crippen molar-refractivity contribution in [2.45, 2.75) is 36.0 Å². The number of nitrogens with zero attached hydrogens (tertiary/aromatic N) is 1. The molecule has 0 aliphatic heterocycles. The number of hydrogen-bond donors (Lipinski definition) is 1. The predicted molar refractivity (Wildman–Crippen MR) is 106 cm³/mol. The minimum absolute atomic E-state index is 0.0891. The van der Waals surface area contributed by atoms with Crippen molar-refractivity contribution >= 4 is 28.2 Å². The highest BCUT2D eigenvalue weighted by Crippen LogP contribution is 2.38. The molecule has 1 N–H and O–H groups in total. The van der Waals surface area contributed by atoms with E-state index in [1.54, 1.807) is 24.8 Å². The summed E-state index contributed by atoms with van der Waals surface area (Å²) < 4.78 is 0. The van der Waals surface area contributed by atoms with Crippen LogP contribution in [0.4, 0.5) is 5.69 Å². The Morgan fingerprint density at radius 3 is 2.50 bits per heavy atom. The molecule has 1 unspecified atom stereocenters. The number of rotatable bonds is 6. The van der Waals surface area contributed by atoms with Crippen molar-refractivity contribution in [1.29, 1.82) is 0 Å². The van der Waals surface area contributed by atoms with Crippen LogP contribution < -0.4 is 0 Å². The molecule has 3 aromatic carbocycles. The van der Waals surface area contributed by atoms with Gasteiger partial charge in [-0.05, 0) is 41.0 Å². The minimum Gasteiger partial charge on any atom is -0.396 e. The number of benzene rings is 3. The summed E-state index contributed by atoms with van der Waals surface area (Å²) >= 11 is 1.61. The van der Waals surface area contributed by atoms with Gasteiger partial charge in [-0.15, -0.1) is 0 Å². The van der Waals surface area contributed by atoms with Gasteiger partial charge in [0.05, 0.1) is 4.92 Å². The fourth-order valence-electron chi connectivity index (χ4n) is 3.01. The second-order valence-corrected chi connectivity index (χ2v) is 7.44. The van der Waals surface area contributed by atoms with Gasteiger partial charge < -0.3 is 5.11 Å². The molecule has 0 saturated carbocycles. The molecule has 0 aliphatic rings. The number of hydrogen-bond acceptors (Lipinski definition) is 4. The van der Waals surface area contributed by atoms with Crippen LogP contribution in [0.1, 0.15) is 30.9 Å². The van der Waals surface area contributed by atoms with Crippen molar-refractivity contribution < 1.29 is 10.0 Å². The van der Waals surface area contributed by atoms with Crippen LogP contribution in [0.3, 0.4) is 0 Å². The maximum absolute atomic E-state index is 11.4. The first-order valence-electron chi connectivity index (χ1n) is 8.62. The zero-order valence-electron chi connectivity index (χ0n) is 14.8. The van der Waals surface area contributed by atoms with E-state index < -0.39 is 0 Å². The molecule has 0 aromatic heterocycles. The van der Waals surface area contributed by atoms with Gasteiger partial charge in [-0.3, -0.25) is 10.1 Å². The lowest BCUT2D eigenvalue weighted by Gasteiger charge is -2.14. The van der Waals surface area contributed by atoms with Crippen molar-refractivity contribution in [3.8, 4) is 0 Å². The molecule has 26 heavy (non-hydrogen) atoms. The van der Waals surface area contributed by atoms with Crippen molar-refractivity contribution in [3.63, 3.8) is 0 Å². The minimum atomic E-state index is -0.356. The lowest BCUT2D eigenvalue weighted by molar-refractivity contribution is -0.385. The Balaban J connectivity index is 2.05. The molecule has 0 heterocycles. The van der Waals surface area contributed by atoms with Gasteiger partial charge in [0.2, 0.25) is 0 Å². The molecule has 0 fully saturated rings. The fraction of sp³-hybridized carbons (Fsp3) is 0.238. The molecular weight excluding hydrogens is 346 g/mol. The fourth-order valence-corrected chi connectivity index (χ4v) is 4.10. The number of nitro benzene ring substituents is 1. The van der Waals surface area contributed by atoms with Gasteiger partial charge in [-0.1, -0.05) is 55.9 Å². The number of nitro groups is 1. The van der Waals surface area contributed by atoms with Gasteiger partial charge in [-0.25, -0.2) is 0 Å². The highest BCUT2D eigenvalue weighted by atomic mass is 32.2. The average molecular weight is 367 g/mol. The predicted octanol–water partition coefficient (Wildman–Crippen LogP) is 5.56. The van der Waals surface area contributed by atoms with E-state index in [2.05, 4.69) is 30.3 Å². The van der Waals surface area contributed by atoms with Crippen molar-refractivity contribution in [2.75, 3.05) is 6.61 Å². The first-order valence-corrected chi connectivity index (χ1v) is 9.43. The van der Waals surface area contributed by atoms with E-state index in [4.69, 9.17) is 0 Å². The van der Waals surface area contributed by atoms with E-state index in [-0.39, 0.29) is 23.1 Å². The molecule has 3 rings (SSSR count). The highest BCUT2D eigenvalue weighted by molar-refractivity contribution is 7.99. The monoisotopic (exact) mass is 367 g/mol. The van der Waals surface area contributed by atoms with Gasteiger partial charge >= 0.3 is 0 Å².